The lowest BCUT2D eigenvalue weighted by molar-refractivity contribution is -0.128. The van der Waals surface area contributed by atoms with Crippen LogP contribution in [0.5, 0.6) is 0 Å². The van der Waals surface area contributed by atoms with Crippen LogP contribution in [-0.2, 0) is 11.3 Å². The Kier molecular flexibility index (Phi) is 3.85. The summed E-state index contributed by atoms with van der Waals surface area (Å²) in [6.07, 6.45) is 2.82. The van der Waals surface area contributed by atoms with Crippen LogP contribution in [-0.4, -0.2) is 37.5 Å². The molecule has 1 fully saturated rings. The minimum absolute atomic E-state index is 0.0969. The zero-order valence-electron chi connectivity index (χ0n) is 12.5. The van der Waals surface area contributed by atoms with Gasteiger partial charge in [0.2, 0.25) is 11.8 Å². The van der Waals surface area contributed by atoms with Crippen molar-refractivity contribution in [2.75, 3.05) is 6.54 Å². The lowest BCUT2D eigenvalue weighted by atomic mass is 10.2. The van der Waals surface area contributed by atoms with Crippen LogP contribution in [0, 0.1) is 5.82 Å². The van der Waals surface area contributed by atoms with Crippen LogP contribution >= 0.6 is 11.8 Å². The van der Waals surface area contributed by atoms with Gasteiger partial charge in [0, 0.05) is 18.4 Å². The molecule has 24 heavy (non-hydrogen) atoms. The van der Waals surface area contributed by atoms with Crippen molar-refractivity contribution in [2.24, 2.45) is 0 Å². The molecule has 1 aliphatic rings. The van der Waals surface area contributed by atoms with E-state index in [9.17, 15) is 9.18 Å². The fourth-order valence-electron chi connectivity index (χ4n) is 2.55. The van der Waals surface area contributed by atoms with Gasteiger partial charge in [-0.3, -0.25) is 4.79 Å². The van der Waals surface area contributed by atoms with E-state index in [0.717, 1.165) is 18.2 Å². The third-order valence-electron chi connectivity index (χ3n) is 3.69. The fourth-order valence-corrected chi connectivity index (χ4v) is 3.31. The first-order chi connectivity index (χ1) is 11.7. The molecular weight excluding hydrogens is 333 g/mol. The highest BCUT2D eigenvalue weighted by Crippen LogP contribution is 2.30. The quantitative estimate of drug-likeness (QED) is 0.671. The molecule has 1 aliphatic heterocycles. The lowest BCUT2D eigenvalue weighted by Gasteiger charge is -2.11. The minimum Gasteiger partial charge on any atom is -0.414 e. The van der Waals surface area contributed by atoms with Gasteiger partial charge in [-0.25, -0.2) is 14.4 Å². The van der Waals surface area contributed by atoms with Gasteiger partial charge in [-0.2, -0.15) is 0 Å². The molecule has 1 saturated heterocycles. The summed E-state index contributed by atoms with van der Waals surface area (Å²) in [5.74, 6) is 0.106. The third kappa shape index (κ3) is 2.94. The number of hydrogen-bond acceptors (Lipinski definition) is 7. The number of nitrogens with zero attached hydrogens (tertiary/aromatic N) is 5. The highest BCUT2D eigenvalue weighted by atomic mass is 32.2. The Morgan fingerprint density at radius 3 is 3.04 bits per heavy atom. The predicted molar refractivity (Wildman–Crippen MR) is 82.6 cm³/mol. The number of carbonyl (C=O) groups excluding carboxylic acids is 1. The van der Waals surface area contributed by atoms with Crippen molar-refractivity contribution >= 4 is 28.6 Å². The van der Waals surface area contributed by atoms with Crippen molar-refractivity contribution < 1.29 is 13.6 Å². The molecule has 1 amide bonds. The van der Waals surface area contributed by atoms with Crippen molar-refractivity contribution in [3.63, 3.8) is 0 Å². The Labute approximate surface area is 140 Å². The lowest BCUT2D eigenvalue weighted by Crippen LogP contribution is -2.23. The summed E-state index contributed by atoms with van der Waals surface area (Å²) in [7, 11) is 0. The van der Waals surface area contributed by atoms with Gasteiger partial charge in [0.1, 0.15) is 17.2 Å². The average Bonchev–Trinajstić information content (AvgIpc) is 3.18. The van der Waals surface area contributed by atoms with Crippen molar-refractivity contribution in [3.8, 4) is 0 Å². The van der Waals surface area contributed by atoms with Crippen LogP contribution in [0.25, 0.3) is 10.9 Å². The highest BCUT2D eigenvalue weighted by Gasteiger charge is 2.22. The Morgan fingerprint density at radius 1 is 1.29 bits per heavy atom. The normalized spacial score (nSPS) is 14.7. The molecule has 3 aromatic rings. The summed E-state index contributed by atoms with van der Waals surface area (Å²) in [6.45, 7) is 1.02. The molecule has 1 aromatic carbocycles. The molecule has 9 heteroatoms. The Balaban J connectivity index is 1.56. The molecule has 0 unspecified atom stereocenters. The number of benzene rings is 1. The molecule has 0 bridgehead atoms. The van der Waals surface area contributed by atoms with E-state index >= 15 is 0 Å². The van der Waals surface area contributed by atoms with Crippen LogP contribution in [0.4, 0.5) is 4.39 Å². The van der Waals surface area contributed by atoms with Crippen LogP contribution in [0.1, 0.15) is 18.7 Å². The van der Waals surface area contributed by atoms with Gasteiger partial charge in [0.25, 0.3) is 5.22 Å². The molecule has 3 heterocycles. The maximum absolute atomic E-state index is 13.5. The van der Waals surface area contributed by atoms with Gasteiger partial charge in [0.05, 0.1) is 12.1 Å². The standard InChI is InChI=1S/C15H12FN5O2S/c16-9-3-4-11-10(6-9)14(18-8-17-11)24-15-20-19-12(23-15)7-21-5-1-2-13(21)22/h3-4,6,8H,1-2,5,7H2. The monoisotopic (exact) mass is 345 g/mol. The molecule has 0 atom stereocenters. The smallest absolute Gasteiger partial charge is 0.283 e. The van der Waals surface area contributed by atoms with Gasteiger partial charge in [-0.1, -0.05) is 0 Å². The molecule has 0 saturated carbocycles. The van der Waals surface area contributed by atoms with E-state index in [4.69, 9.17) is 4.42 Å². The van der Waals surface area contributed by atoms with Gasteiger partial charge in [0.15, 0.2) is 0 Å². The molecule has 2 aromatic heterocycles. The van der Waals surface area contributed by atoms with E-state index in [1.165, 1.54) is 18.5 Å². The summed E-state index contributed by atoms with van der Waals surface area (Å²) < 4.78 is 19.0. The maximum atomic E-state index is 13.5. The topological polar surface area (TPSA) is 85.0 Å². The number of aromatic nitrogens is 4. The molecular formula is C15H12FN5O2S. The summed E-state index contributed by atoms with van der Waals surface area (Å²) in [5, 5.41) is 9.33. The number of rotatable bonds is 4. The first-order valence-corrected chi connectivity index (χ1v) is 8.19. The van der Waals surface area contributed by atoms with E-state index in [0.29, 0.717) is 46.6 Å². The summed E-state index contributed by atoms with van der Waals surface area (Å²) >= 11 is 1.14. The molecule has 0 aliphatic carbocycles. The van der Waals surface area contributed by atoms with E-state index < -0.39 is 0 Å². The Morgan fingerprint density at radius 2 is 2.21 bits per heavy atom. The van der Waals surface area contributed by atoms with Gasteiger partial charge in [-0.05, 0) is 36.4 Å². The summed E-state index contributed by atoms with van der Waals surface area (Å²) in [5.41, 5.74) is 0.635. The second-order valence-corrected chi connectivity index (χ2v) is 6.26. The Hall–Kier alpha value is -2.55. The number of fused-ring (bicyclic) bond motifs is 1. The number of amides is 1. The van der Waals surface area contributed by atoms with Crippen LogP contribution < -0.4 is 0 Å². The van der Waals surface area contributed by atoms with Crippen LogP contribution in [0.2, 0.25) is 0 Å². The summed E-state index contributed by atoms with van der Waals surface area (Å²) in [4.78, 5) is 21.6. The Bertz CT molecular complexity index is 916. The predicted octanol–water partition coefficient (Wildman–Crippen LogP) is 2.43. The second kappa shape index (κ2) is 6.16. The first kappa shape index (κ1) is 15.0. The SMILES string of the molecule is O=C1CCCN1Cc1nnc(Sc2ncnc3ccc(F)cc23)o1. The van der Waals surface area contributed by atoms with Crippen LogP contribution in [0.15, 0.2) is 39.2 Å². The van der Waals surface area contributed by atoms with Gasteiger partial charge >= 0.3 is 0 Å². The van der Waals surface area contributed by atoms with Gasteiger partial charge in [-0.15, -0.1) is 10.2 Å². The van der Waals surface area contributed by atoms with Crippen molar-refractivity contribution in [1.82, 2.24) is 25.1 Å². The van der Waals surface area contributed by atoms with Crippen LogP contribution in [0.3, 0.4) is 0 Å². The molecule has 122 valence electrons. The van der Waals surface area contributed by atoms with Crippen molar-refractivity contribution in [3.05, 3.63) is 36.2 Å². The number of likely N-dealkylation sites (tertiary alicyclic amines) is 1. The fraction of sp³-hybridized carbons (Fsp3) is 0.267. The van der Waals surface area contributed by atoms with E-state index in [-0.39, 0.29) is 11.7 Å². The maximum Gasteiger partial charge on any atom is 0.283 e. The van der Waals surface area contributed by atoms with Gasteiger partial charge < -0.3 is 9.32 Å². The summed E-state index contributed by atoms with van der Waals surface area (Å²) in [6, 6.07) is 4.31. The molecule has 0 spiro atoms. The molecule has 4 rings (SSSR count). The molecule has 0 radical (unpaired) electrons. The number of hydrogen-bond donors (Lipinski definition) is 0. The minimum atomic E-state index is -0.363. The van der Waals surface area contributed by atoms with Crippen molar-refractivity contribution in [2.45, 2.75) is 29.6 Å². The second-order valence-electron chi connectivity index (χ2n) is 5.32. The van der Waals surface area contributed by atoms with Crippen molar-refractivity contribution in [1.29, 1.82) is 0 Å². The zero-order valence-corrected chi connectivity index (χ0v) is 13.3. The molecule has 0 N–H and O–H groups in total. The third-order valence-corrected chi connectivity index (χ3v) is 4.55. The molecule has 7 nitrogen and oxygen atoms in total. The average molecular weight is 345 g/mol. The number of carbonyl (C=O) groups is 1. The number of halogens is 1. The zero-order chi connectivity index (χ0) is 16.5. The van der Waals surface area contributed by atoms with E-state index in [2.05, 4.69) is 20.2 Å². The van der Waals surface area contributed by atoms with E-state index in [1.54, 1.807) is 11.0 Å². The largest absolute Gasteiger partial charge is 0.414 e. The van der Waals surface area contributed by atoms with E-state index in [1.807, 2.05) is 0 Å². The highest BCUT2D eigenvalue weighted by molar-refractivity contribution is 7.99. The first-order valence-electron chi connectivity index (χ1n) is 7.37.